The second-order valence-electron chi connectivity index (χ2n) is 4.61. The highest BCUT2D eigenvalue weighted by molar-refractivity contribution is 6.20. The maximum atomic E-state index is 6.06. The molecular formula is C15H17ClN2. The monoisotopic (exact) mass is 260 g/mol. The molecule has 18 heavy (non-hydrogen) atoms. The van der Waals surface area contributed by atoms with Gasteiger partial charge in [-0.3, -0.25) is 0 Å². The van der Waals surface area contributed by atoms with Gasteiger partial charge in [-0.2, -0.15) is 0 Å². The van der Waals surface area contributed by atoms with Crippen molar-refractivity contribution in [2.24, 2.45) is 0 Å². The highest BCUT2D eigenvalue weighted by Crippen LogP contribution is 2.21. The van der Waals surface area contributed by atoms with Crippen LogP contribution in [0.15, 0.2) is 30.5 Å². The van der Waals surface area contributed by atoms with Crippen LogP contribution in [0.25, 0.3) is 0 Å². The number of rotatable bonds is 3. The highest BCUT2D eigenvalue weighted by Gasteiger charge is 2.08. The maximum absolute atomic E-state index is 6.06. The van der Waals surface area contributed by atoms with E-state index in [1.807, 2.05) is 20.0 Å². The van der Waals surface area contributed by atoms with Crippen molar-refractivity contribution in [3.63, 3.8) is 0 Å². The molecule has 0 saturated carbocycles. The zero-order chi connectivity index (χ0) is 13.1. The molecule has 0 fully saturated rings. The standard InChI is InChI=1S/C15H17ClN2/c1-10-5-4-6-13(7-10)8-15-17-9-14(11(2)16)12(3)18-15/h4-7,9,11H,8H2,1-3H3. The topological polar surface area (TPSA) is 25.8 Å². The van der Waals surface area contributed by atoms with Gasteiger partial charge in [-0.15, -0.1) is 11.6 Å². The Morgan fingerprint density at radius 2 is 2.06 bits per heavy atom. The Balaban J connectivity index is 2.23. The van der Waals surface area contributed by atoms with Crippen LogP contribution < -0.4 is 0 Å². The van der Waals surface area contributed by atoms with Gasteiger partial charge in [-0.25, -0.2) is 9.97 Å². The lowest BCUT2D eigenvalue weighted by atomic mass is 10.1. The molecule has 0 saturated heterocycles. The quantitative estimate of drug-likeness (QED) is 0.780. The third-order valence-corrected chi connectivity index (χ3v) is 3.18. The number of nitrogens with zero attached hydrogens (tertiary/aromatic N) is 2. The summed E-state index contributed by atoms with van der Waals surface area (Å²) in [5.74, 6) is 0.846. The molecule has 0 N–H and O–H groups in total. The molecule has 0 radical (unpaired) electrons. The summed E-state index contributed by atoms with van der Waals surface area (Å²) < 4.78 is 0. The van der Waals surface area contributed by atoms with Crippen LogP contribution >= 0.6 is 11.6 Å². The Morgan fingerprint density at radius 1 is 1.28 bits per heavy atom. The van der Waals surface area contributed by atoms with E-state index in [2.05, 4.69) is 41.2 Å². The van der Waals surface area contributed by atoms with E-state index in [1.54, 1.807) is 0 Å². The maximum Gasteiger partial charge on any atom is 0.132 e. The van der Waals surface area contributed by atoms with Crippen LogP contribution in [0.3, 0.4) is 0 Å². The van der Waals surface area contributed by atoms with Crippen molar-refractivity contribution in [2.75, 3.05) is 0 Å². The van der Waals surface area contributed by atoms with Crippen LogP contribution in [0, 0.1) is 13.8 Å². The molecule has 0 aliphatic carbocycles. The zero-order valence-electron chi connectivity index (χ0n) is 10.9. The Bertz CT molecular complexity index is 550. The van der Waals surface area contributed by atoms with Gasteiger partial charge in [-0.05, 0) is 26.3 Å². The normalized spacial score (nSPS) is 12.4. The largest absolute Gasteiger partial charge is 0.241 e. The summed E-state index contributed by atoms with van der Waals surface area (Å²) in [5, 5.41) is -0.0435. The SMILES string of the molecule is Cc1cccc(Cc2ncc(C(C)Cl)c(C)n2)c1. The first kappa shape index (κ1) is 13.0. The van der Waals surface area contributed by atoms with Crippen molar-refractivity contribution < 1.29 is 0 Å². The number of alkyl halides is 1. The molecule has 0 aliphatic rings. The average Bonchev–Trinajstić information content (AvgIpc) is 2.28. The molecule has 1 aromatic carbocycles. The van der Waals surface area contributed by atoms with Gasteiger partial charge in [0.15, 0.2) is 0 Å². The molecule has 2 rings (SSSR count). The molecule has 1 atom stereocenters. The van der Waals surface area contributed by atoms with Gasteiger partial charge in [-0.1, -0.05) is 29.8 Å². The first-order valence-electron chi connectivity index (χ1n) is 6.08. The fourth-order valence-electron chi connectivity index (χ4n) is 2.00. The summed E-state index contributed by atoms with van der Waals surface area (Å²) in [5.41, 5.74) is 4.47. The minimum absolute atomic E-state index is 0.0435. The summed E-state index contributed by atoms with van der Waals surface area (Å²) in [7, 11) is 0. The van der Waals surface area contributed by atoms with Crippen LogP contribution in [0.2, 0.25) is 0 Å². The summed E-state index contributed by atoms with van der Waals surface area (Å²) in [6.45, 7) is 6.01. The second kappa shape index (κ2) is 5.49. The molecule has 1 unspecified atom stereocenters. The van der Waals surface area contributed by atoms with Gasteiger partial charge < -0.3 is 0 Å². The van der Waals surface area contributed by atoms with Gasteiger partial charge in [0.05, 0.1) is 5.38 Å². The van der Waals surface area contributed by atoms with E-state index in [9.17, 15) is 0 Å². The number of aryl methyl sites for hydroxylation is 2. The fraction of sp³-hybridized carbons (Fsp3) is 0.333. The molecule has 0 bridgehead atoms. The molecule has 94 valence electrons. The lowest BCUT2D eigenvalue weighted by molar-refractivity contribution is 0.894. The first-order valence-corrected chi connectivity index (χ1v) is 6.52. The minimum Gasteiger partial charge on any atom is -0.241 e. The minimum atomic E-state index is -0.0435. The van der Waals surface area contributed by atoms with E-state index < -0.39 is 0 Å². The van der Waals surface area contributed by atoms with E-state index in [0.717, 1.165) is 23.5 Å². The number of halogens is 1. The van der Waals surface area contributed by atoms with Gasteiger partial charge in [0.25, 0.3) is 0 Å². The van der Waals surface area contributed by atoms with Crippen molar-refractivity contribution in [3.8, 4) is 0 Å². The van der Waals surface area contributed by atoms with Gasteiger partial charge >= 0.3 is 0 Å². The second-order valence-corrected chi connectivity index (χ2v) is 5.26. The van der Waals surface area contributed by atoms with Crippen molar-refractivity contribution in [2.45, 2.75) is 32.6 Å². The van der Waals surface area contributed by atoms with Crippen LogP contribution in [0.4, 0.5) is 0 Å². The highest BCUT2D eigenvalue weighted by atomic mass is 35.5. The van der Waals surface area contributed by atoms with Crippen molar-refractivity contribution in [1.29, 1.82) is 0 Å². The van der Waals surface area contributed by atoms with Crippen molar-refractivity contribution >= 4 is 11.6 Å². The Morgan fingerprint density at radius 3 is 2.67 bits per heavy atom. The zero-order valence-corrected chi connectivity index (χ0v) is 11.7. The number of hydrogen-bond acceptors (Lipinski definition) is 2. The van der Waals surface area contributed by atoms with Gasteiger partial charge in [0.1, 0.15) is 5.82 Å². The van der Waals surface area contributed by atoms with Gasteiger partial charge in [0.2, 0.25) is 0 Å². The lowest BCUT2D eigenvalue weighted by Crippen LogP contribution is -2.02. The van der Waals surface area contributed by atoms with E-state index in [4.69, 9.17) is 11.6 Å². The summed E-state index contributed by atoms with van der Waals surface area (Å²) in [4.78, 5) is 8.91. The smallest absolute Gasteiger partial charge is 0.132 e. The number of hydrogen-bond donors (Lipinski definition) is 0. The first-order chi connectivity index (χ1) is 8.56. The third-order valence-electron chi connectivity index (χ3n) is 2.94. The Hall–Kier alpha value is -1.41. The summed E-state index contributed by atoms with van der Waals surface area (Å²) in [6.07, 6.45) is 2.60. The van der Waals surface area contributed by atoms with E-state index in [0.29, 0.717) is 0 Å². The van der Waals surface area contributed by atoms with E-state index in [-0.39, 0.29) is 5.38 Å². The van der Waals surface area contributed by atoms with E-state index >= 15 is 0 Å². The number of benzene rings is 1. The molecule has 3 heteroatoms. The molecule has 0 amide bonds. The van der Waals surface area contributed by atoms with Crippen molar-refractivity contribution in [1.82, 2.24) is 9.97 Å². The molecule has 0 spiro atoms. The summed E-state index contributed by atoms with van der Waals surface area (Å²) in [6, 6.07) is 8.42. The third kappa shape index (κ3) is 3.08. The number of aromatic nitrogens is 2. The summed E-state index contributed by atoms with van der Waals surface area (Å²) >= 11 is 6.06. The van der Waals surface area contributed by atoms with Crippen molar-refractivity contribution in [3.05, 3.63) is 58.7 Å². The lowest BCUT2D eigenvalue weighted by Gasteiger charge is -2.08. The predicted molar refractivity (Wildman–Crippen MR) is 75.0 cm³/mol. The van der Waals surface area contributed by atoms with Crippen LogP contribution in [0.5, 0.6) is 0 Å². The van der Waals surface area contributed by atoms with Crippen LogP contribution in [-0.4, -0.2) is 9.97 Å². The van der Waals surface area contributed by atoms with Crippen LogP contribution in [0.1, 0.15) is 40.5 Å². The predicted octanol–water partition coefficient (Wildman–Crippen LogP) is 3.98. The molecule has 2 aromatic rings. The van der Waals surface area contributed by atoms with Gasteiger partial charge in [0, 0.05) is 23.9 Å². The average molecular weight is 261 g/mol. The molecule has 2 nitrogen and oxygen atoms in total. The van der Waals surface area contributed by atoms with Crippen LogP contribution in [-0.2, 0) is 6.42 Å². The molecule has 1 heterocycles. The molecular weight excluding hydrogens is 244 g/mol. The van der Waals surface area contributed by atoms with E-state index in [1.165, 1.54) is 11.1 Å². The molecule has 1 aromatic heterocycles. The fourth-order valence-corrected chi connectivity index (χ4v) is 2.22. The molecule has 0 aliphatic heterocycles. The Labute approximate surface area is 113 Å². The Kier molecular flexibility index (Phi) is 3.97.